The molecule has 1 rings (SSSR count). The maximum atomic E-state index is 11.0. The summed E-state index contributed by atoms with van der Waals surface area (Å²) in [5, 5.41) is 8.82. The summed E-state index contributed by atoms with van der Waals surface area (Å²) in [5.74, 6) is -0.245. The molecule has 0 fully saturated rings. The van der Waals surface area contributed by atoms with Crippen LogP contribution in [0.4, 0.5) is 0 Å². The van der Waals surface area contributed by atoms with Crippen molar-refractivity contribution in [3.63, 3.8) is 0 Å². The molecule has 86 valence electrons. The van der Waals surface area contributed by atoms with Gasteiger partial charge in [-0.1, -0.05) is 12.1 Å². The number of pyridine rings is 1. The minimum atomic E-state index is -0.245. The predicted molar refractivity (Wildman–Crippen MR) is 60.4 cm³/mol. The van der Waals surface area contributed by atoms with Gasteiger partial charge in [0.1, 0.15) is 0 Å². The van der Waals surface area contributed by atoms with E-state index in [0.717, 1.165) is 11.3 Å². The van der Waals surface area contributed by atoms with Crippen LogP contribution >= 0.6 is 0 Å². The Balaban J connectivity index is 2.46. The first-order valence-electron chi connectivity index (χ1n) is 5.14. The van der Waals surface area contributed by atoms with E-state index >= 15 is 0 Å². The Bertz CT molecular complexity index is 357. The van der Waals surface area contributed by atoms with E-state index in [4.69, 9.17) is 9.84 Å². The van der Waals surface area contributed by atoms with Crippen LogP contribution in [0.1, 0.15) is 24.6 Å². The Morgan fingerprint density at radius 3 is 2.94 bits per heavy atom. The fraction of sp³-hybridized carbons (Fsp3) is 0.333. The van der Waals surface area contributed by atoms with E-state index in [0.29, 0.717) is 6.61 Å². The zero-order valence-electron chi connectivity index (χ0n) is 9.22. The second-order valence-corrected chi connectivity index (χ2v) is 3.16. The van der Waals surface area contributed by atoms with Crippen molar-refractivity contribution in [3.8, 4) is 0 Å². The number of carbonyl (C=O) groups is 1. The lowest BCUT2D eigenvalue weighted by atomic mass is 10.2. The Hall–Kier alpha value is -1.68. The molecule has 0 aliphatic carbocycles. The van der Waals surface area contributed by atoms with Crippen molar-refractivity contribution in [1.29, 1.82) is 0 Å². The zero-order valence-corrected chi connectivity index (χ0v) is 9.22. The first-order chi connectivity index (χ1) is 7.76. The van der Waals surface area contributed by atoms with E-state index in [1.54, 1.807) is 37.4 Å². The summed E-state index contributed by atoms with van der Waals surface area (Å²) in [6.45, 7) is 2.16. The molecule has 1 aromatic heterocycles. The minimum Gasteiger partial charge on any atom is -0.466 e. The number of nitrogens with zero attached hydrogens (tertiary/aromatic N) is 1. The molecular weight excluding hydrogens is 206 g/mol. The van der Waals surface area contributed by atoms with Gasteiger partial charge in [0, 0.05) is 6.20 Å². The third-order valence-electron chi connectivity index (χ3n) is 1.91. The largest absolute Gasteiger partial charge is 0.466 e. The summed E-state index contributed by atoms with van der Waals surface area (Å²) in [4.78, 5) is 15.1. The molecule has 1 aromatic rings. The molecule has 0 bridgehead atoms. The Kier molecular flexibility index (Phi) is 5.22. The molecule has 0 aliphatic heterocycles. The van der Waals surface area contributed by atoms with Gasteiger partial charge in [-0.2, -0.15) is 0 Å². The lowest BCUT2D eigenvalue weighted by Gasteiger charge is -1.97. The quantitative estimate of drug-likeness (QED) is 0.766. The number of aliphatic hydroxyl groups excluding tert-OH is 1. The monoisotopic (exact) mass is 221 g/mol. The third kappa shape index (κ3) is 4.23. The van der Waals surface area contributed by atoms with Gasteiger partial charge in [-0.05, 0) is 24.6 Å². The zero-order chi connectivity index (χ0) is 11.8. The molecule has 0 amide bonds. The number of rotatable bonds is 5. The van der Waals surface area contributed by atoms with Crippen LogP contribution in [0.15, 0.2) is 24.4 Å². The Labute approximate surface area is 94.6 Å². The van der Waals surface area contributed by atoms with Gasteiger partial charge < -0.3 is 9.84 Å². The van der Waals surface area contributed by atoms with Gasteiger partial charge in [0.2, 0.25) is 0 Å². The fourth-order valence-corrected chi connectivity index (χ4v) is 1.12. The number of hydrogen-bond donors (Lipinski definition) is 1. The van der Waals surface area contributed by atoms with Gasteiger partial charge in [0.15, 0.2) is 0 Å². The maximum absolute atomic E-state index is 11.0. The molecule has 1 heterocycles. The summed E-state index contributed by atoms with van der Waals surface area (Å²) in [6.07, 6.45) is 5.30. The van der Waals surface area contributed by atoms with Gasteiger partial charge in [-0.15, -0.1) is 0 Å². The smallest absolute Gasteiger partial charge is 0.309 e. The van der Waals surface area contributed by atoms with E-state index in [2.05, 4.69) is 4.98 Å². The van der Waals surface area contributed by atoms with E-state index in [9.17, 15) is 4.79 Å². The van der Waals surface area contributed by atoms with Crippen molar-refractivity contribution in [1.82, 2.24) is 4.98 Å². The van der Waals surface area contributed by atoms with Crippen LogP contribution in [0.3, 0.4) is 0 Å². The first-order valence-corrected chi connectivity index (χ1v) is 5.14. The highest BCUT2D eigenvalue weighted by Crippen LogP contribution is 2.02. The second-order valence-electron chi connectivity index (χ2n) is 3.16. The maximum Gasteiger partial charge on any atom is 0.309 e. The SMILES string of the molecule is CCOC(=O)CC=Cc1ccc(CO)cn1. The third-order valence-corrected chi connectivity index (χ3v) is 1.91. The molecular formula is C12H15NO3. The van der Waals surface area contributed by atoms with Crippen LogP contribution in [-0.2, 0) is 16.1 Å². The van der Waals surface area contributed by atoms with Crippen LogP contribution in [0.2, 0.25) is 0 Å². The molecule has 16 heavy (non-hydrogen) atoms. The molecule has 0 aromatic carbocycles. The number of carbonyl (C=O) groups excluding carboxylic acids is 1. The lowest BCUT2D eigenvalue weighted by molar-refractivity contribution is -0.142. The number of hydrogen-bond acceptors (Lipinski definition) is 4. The normalized spacial score (nSPS) is 10.6. The molecule has 0 atom stereocenters. The molecule has 1 N–H and O–H groups in total. The van der Waals surface area contributed by atoms with Crippen molar-refractivity contribution in [2.45, 2.75) is 20.0 Å². The average molecular weight is 221 g/mol. The lowest BCUT2D eigenvalue weighted by Crippen LogP contribution is -2.01. The van der Waals surface area contributed by atoms with Gasteiger partial charge in [0.25, 0.3) is 0 Å². The van der Waals surface area contributed by atoms with Gasteiger partial charge >= 0.3 is 5.97 Å². The highest BCUT2D eigenvalue weighted by Gasteiger charge is 1.96. The van der Waals surface area contributed by atoms with E-state index < -0.39 is 0 Å². The van der Waals surface area contributed by atoms with Crippen molar-refractivity contribution >= 4 is 12.0 Å². The van der Waals surface area contributed by atoms with E-state index in [-0.39, 0.29) is 19.0 Å². The summed E-state index contributed by atoms with van der Waals surface area (Å²) in [6, 6.07) is 3.57. The molecule has 4 nitrogen and oxygen atoms in total. The summed E-state index contributed by atoms with van der Waals surface area (Å²) < 4.78 is 4.77. The van der Waals surface area contributed by atoms with Gasteiger partial charge in [0.05, 0.1) is 25.3 Å². The highest BCUT2D eigenvalue weighted by atomic mass is 16.5. The summed E-state index contributed by atoms with van der Waals surface area (Å²) in [7, 11) is 0. The van der Waals surface area contributed by atoms with Crippen molar-refractivity contribution < 1.29 is 14.6 Å². The molecule has 0 saturated heterocycles. The number of aromatic nitrogens is 1. The molecule has 0 spiro atoms. The molecule has 0 unspecified atom stereocenters. The van der Waals surface area contributed by atoms with Crippen molar-refractivity contribution in [3.05, 3.63) is 35.7 Å². The number of aliphatic hydroxyl groups is 1. The van der Waals surface area contributed by atoms with Crippen molar-refractivity contribution in [2.24, 2.45) is 0 Å². The molecule has 0 saturated carbocycles. The van der Waals surface area contributed by atoms with Gasteiger partial charge in [-0.3, -0.25) is 9.78 Å². The Morgan fingerprint density at radius 2 is 2.38 bits per heavy atom. The number of ether oxygens (including phenoxy) is 1. The molecule has 0 radical (unpaired) electrons. The second kappa shape index (κ2) is 6.74. The summed E-state index contributed by atoms with van der Waals surface area (Å²) in [5.41, 5.74) is 1.52. The molecule has 4 heteroatoms. The topological polar surface area (TPSA) is 59.4 Å². The summed E-state index contributed by atoms with van der Waals surface area (Å²) >= 11 is 0. The molecule has 0 aliphatic rings. The number of esters is 1. The fourth-order valence-electron chi connectivity index (χ4n) is 1.12. The van der Waals surface area contributed by atoms with Crippen LogP contribution in [0.25, 0.3) is 6.08 Å². The van der Waals surface area contributed by atoms with Crippen LogP contribution in [0.5, 0.6) is 0 Å². The average Bonchev–Trinajstić information content (AvgIpc) is 2.30. The van der Waals surface area contributed by atoms with Gasteiger partial charge in [-0.25, -0.2) is 0 Å². The van der Waals surface area contributed by atoms with Crippen LogP contribution in [0, 0.1) is 0 Å². The standard InChI is InChI=1S/C12H15NO3/c1-2-16-12(15)5-3-4-11-7-6-10(9-14)8-13-11/h3-4,6-8,14H,2,5,9H2,1H3. The van der Waals surface area contributed by atoms with E-state index in [1.165, 1.54) is 0 Å². The highest BCUT2D eigenvalue weighted by molar-refractivity contribution is 5.72. The van der Waals surface area contributed by atoms with Crippen molar-refractivity contribution in [2.75, 3.05) is 6.61 Å². The Morgan fingerprint density at radius 1 is 1.56 bits per heavy atom. The van der Waals surface area contributed by atoms with Crippen LogP contribution < -0.4 is 0 Å². The first kappa shape index (κ1) is 12.4. The van der Waals surface area contributed by atoms with Crippen LogP contribution in [-0.4, -0.2) is 22.7 Å². The minimum absolute atomic E-state index is 0.0141. The predicted octanol–water partition coefficient (Wildman–Crippen LogP) is 1.54. The van der Waals surface area contributed by atoms with E-state index in [1.807, 2.05) is 0 Å².